The number of rotatable bonds is 3. The molecule has 19 heavy (non-hydrogen) atoms. The van der Waals surface area contributed by atoms with Crippen LogP contribution in [-0.2, 0) is 7.05 Å². The highest BCUT2D eigenvalue weighted by Crippen LogP contribution is 2.25. The number of aryl methyl sites for hydroxylation is 1. The Morgan fingerprint density at radius 2 is 1.42 bits per heavy atom. The molecule has 0 bridgehead atoms. The fourth-order valence-corrected chi connectivity index (χ4v) is 2.35. The van der Waals surface area contributed by atoms with E-state index in [9.17, 15) is 0 Å². The van der Waals surface area contributed by atoms with Crippen molar-refractivity contribution in [3.05, 3.63) is 90.5 Å². The fourth-order valence-electron chi connectivity index (χ4n) is 2.35. The van der Waals surface area contributed by atoms with Crippen molar-refractivity contribution in [2.45, 2.75) is 6.04 Å². The first kappa shape index (κ1) is 11.7. The highest BCUT2D eigenvalue weighted by atomic mass is 15.1. The predicted molar refractivity (Wildman–Crippen MR) is 74.6 cm³/mol. The summed E-state index contributed by atoms with van der Waals surface area (Å²) < 4.78 is 4.06. The summed E-state index contributed by atoms with van der Waals surface area (Å²) >= 11 is 0. The molecule has 0 fully saturated rings. The third kappa shape index (κ3) is 2.43. The zero-order valence-electron chi connectivity index (χ0n) is 10.9. The molecule has 0 aliphatic rings. The van der Waals surface area contributed by atoms with Gasteiger partial charge in [0.05, 0.1) is 7.05 Å². The van der Waals surface area contributed by atoms with E-state index in [0.29, 0.717) is 0 Å². The van der Waals surface area contributed by atoms with E-state index in [4.69, 9.17) is 0 Å². The van der Waals surface area contributed by atoms with E-state index in [0.717, 1.165) is 0 Å². The molecule has 0 N–H and O–H groups in total. The molecule has 0 unspecified atom stereocenters. The minimum absolute atomic E-state index is 0.170. The first-order chi connectivity index (χ1) is 9.34. The average Bonchev–Trinajstić information content (AvgIpc) is 2.88. The first-order valence-corrected chi connectivity index (χ1v) is 6.40. The van der Waals surface area contributed by atoms with Gasteiger partial charge in [-0.25, -0.2) is 0 Å². The van der Waals surface area contributed by atoms with Crippen LogP contribution in [0.3, 0.4) is 0 Å². The van der Waals surface area contributed by atoms with Gasteiger partial charge in [0, 0.05) is 0 Å². The first-order valence-electron chi connectivity index (χ1n) is 6.40. The predicted octanol–water partition coefficient (Wildman–Crippen LogP) is 2.75. The molecule has 2 heteroatoms. The number of imidazole rings is 1. The number of benzene rings is 2. The van der Waals surface area contributed by atoms with Gasteiger partial charge in [-0.15, -0.1) is 0 Å². The summed E-state index contributed by atoms with van der Waals surface area (Å²) in [5, 5.41) is 0. The average molecular weight is 248 g/mol. The molecular formula is C17H16N2. The molecule has 0 amide bonds. The van der Waals surface area contributed by atoms with Crippen molar-refractivity contribution in [3.8, 4) is 0 Å². The molecule has 3 rings (SSSR count). The van der Waals surface area contributed by atoms with E-state index in [-0.39, 0.29) is 6.04 Å². The van der Waals surface area contributed by atoms with Gasteiger partial charge >= 0.3 is 0 Å². The Balaban J connectivity index is 2.11. The molecule has 0 radical (unpaired) electrons. The second-order valence-electron chi connectivity index (χ2n) is 4.64. The molecule has 2 aromatic carbocycles. The molecule has 0 atom stereocenters. The van der Waals surface area contributed by atoms with Crippen LogP contribution in [0.2, 0.25) is 0 Å². The molecule has 1 aromatic heterocycles. The third-order valence-electron chi connectivity index (χ3n) is 3.23. The van der Waals surface area contributed by atoms with E-state index in [1.54, 1.807) is 0 Å². The molecule has 0 aliphatic heterocycles. The van der Waals surface area contributed by atoms with Crippen LogP contribution in [0, 0.1) is 6.33 Å². The van der Waals surface area contributed by atoms with Crippen LogP contribution in [0.4, 0.5) is 0 Å². The van der Waals surface area contributed by atoms with E-state index >= 15 is 0 Å². The number of aromatic nitrogens is 2. The van der Waals surface area contributed by atoms with Crippen LogP contribution in [0.5, 0.6) is 0 Å². The zero-order chi connectivity index (χ0) is 13.1. The maximum Gasteiger partial charge on any atom is 0.204 e. The molecule has 0 saturated heterocycles. The highest BCUT2D eigenvalue weighted by Gasteiger charge is 2.16. The summed E-state index contributed by atoms with van der Waals surface area (Å²) in [7, 11) is 1.99. The van der Waals surface area contributed by atoms with Crippen LogP contribution >= 0.6 is 0 Å². The van der Waals surface area contributed by atoms with E-state index in [1.807, 2.05) is 29.9 Å². The van der Waals surface area contributed by atoms with Crippen molar-refractivity contribution >= 4 is 0 Å². The lowest BCUT2D eigenvalue weighted by atomic mass is 9.99. The Kier molecular flexibility index (Phi) is 3.15. The van der Waals surface area contributed by atoms with Gasteiger partial charge < -0.3 is 9.13 Å². The third-order valence-corrected chi connectivity index (χ3v) is 3.23. The van der Waals surface area contributed by atoms with Gasteiger partial charge in [-0.3, -0.25) is 0 Å². The maximum atomic E-state index is 3.31. The van der Waals surface area contributed by atoms with Gasteiger partial charge in [0.2, 0.25) is 6.33 Å². The van der Waals surface area contributed by atoms with Crippen molar-refractivity contribution in [2.24, 2.45) is 7.05 Å². The van der Waals surface area contributed by atoms with Gasteiger partial charge in [-0.1, -0.05) is 60.7 Å². The second-order valence-corrected chi connectivity index (χ2v) is 4.64. The summed E-state index contributed by atoms with van der Waals surface area (Å²) in [4.78, 5) is 0. The number of hydrogen-bond acceptors (Lipinski definition) is 0. The van der Waals surface area contributed by atoms with Gasteiger partial charge in [-0.05, 0) is 23.5 Å². The van der Waals surface area contributed by atoms with E-state index in [2.05, 4.69) is 65.6 Å². The summed E-state index contributed by atoms with van der Waals surface area (Å²) in [6, 6.07) is 21.2. The summed E-state index contributed by atoms with van der Waals surface area (Å²) in [5.74, 6) is 0. The van der Waals surface area contributed by atoms with Gasteiger partial charge in [0.15, 0.2) is 0 Å². The normalized spacial score (nSPS) is 10.8. The molecule has 0 saturated carbocycles. The summed E-state index contributed by atoms with van der Waals surface area (Å²) in [6.07, 6.45) is 7.38. The molecule has 94 valence electrons. The van der Waals surface area contributed by atoms with E-state index < -0.39 is 0 Å². The lowest BCUT2D eigenvalue weighted by Gasteiger charge is -2.18. The molecule has 2 nitrogen and oxygen atoms in total. The topological polar surface area (TPSA) is 8.81 Å². The molecule has 0 aliphatic carbocycles. The highest BCUT2D eigenvalue weighted by molar-refractivity contribution is 5.32. The van der Waals surface area contributed by atoms with Crippen LogP contribution in [0.25, 0.3) is 0 Å². The zero-order valence-corrected chi connectivity index (χ0v) is 10.9. The van der Waals surface area contributed by atoms with Crippen LogP contribution in [0.15, 0.2) is 73.1 Å². The Bertz CT molecular complexity index is 602. The van der Waals surface area contributed by atoms with Crippen molar-refractivity contribution in [3.63, 3.8) is 0 Å². The molecular weight excluding hydrogens is 232 g/mol. The Morgan fingerprint density at radius 3 is 1.84 bits per heavy atom. The smallest absolute Gasteiger partial charge is 0.204 e. The lowest BCUT2D eigenvalue weighted by molar-refractivity contribution is -0.675. The van der Waals surface area contributed by atoms with Crippen molar-refractivity contribution in [1.29, 1.82) is 0 Å². The SMILES string of the molecule is C[n+]1[c-]n(C(c2ccccc2)c2ccccc2)cc1. The van der Waals surface area contributed by atoms with Gasteiger partial charge in [0.25, 0.3) is 0 Å². The summed E-state index contributed by atoms with van der Waals surface area (Å²) in [6.45, 7) is 0. The lowest BCUT2D eigenvalue weighted by Crippen LogP contribution is -2.25. The van der Waals surface area contributed by atoms with Crippen molar-refractivity contribution in [1.82, 2.24) is 4.57 Å². The quantitative estimate of drug-likeness (QED) is 0.498. The fraction of sp³-hybridized carbons (Fsp3) is 0.118. The van der Waals surface area contributed by atoms with E-state index in [1.165, 1.54) is 11.1 Å². The van der Waals surface area contributed by atoms with Gasteiger partial charge in [-0.2, -0.15) is 0 Å². The Hall–Kier alpha value is -2.35. The number of nitrogens with zero attached hydrogens (tertiary/aromatic N) is 2. The Morgan fingerprint density at radius 1 is 0.895 bits per heavy atom. The Labute approximate surface area is 113 Å². The largest absolute Gasteiger partial charge is 0.354 e. The van der Waals surface area contributed by atoms with Crippen LogP contribution in [0.1, 0.15) is 17.2 Å². The standard InChI is InChI=1S/C17H16N2/c1-18-12-13-19(14-18)17(15-8-4-2-5-9-15)16-10-6-3-7-11-16/h2-13,17H,1H3. The maximum absolute atomic E-state index is 3.31. The molecule has 0 spiro atoms. The van der Waals surface area contributed by atoms with Crippen molar-refractivity contribution < 1.29 is 4.57 Å². The van der Waals surface area contributed by atoms with Crippen LogP contribution in [-0.4, -0.2) is 4.57 Å². The summed E-state index contributed by atoms with van der Waals surface area (Å²) in [5.41, 5.74) is 2.53. The minimum Gasteiger partial charge on any atom is -0.354 e. The molecule has 1 heterocycles. The van der Waals surface area contributed by atoms with Crippen molar-refractivity contribution in [2.75, 3.05) is 0 Å². The second kappa shape index (κ2) is 5.11. The van der Waals surface area contributed by atoms with Crippen LogP contribution < -0.4 is 4.57 Å². The minimum atomic E-state index is 0.170. The molecule has 3 aromatic rings. The van der Waals surface area contributed by atoms with Gasteiger partial charge in [0.1, 0.15) is 6.04 Å². The monoisotopic (exact) mass is 248 g/mol. The number of hydrogen-bond donors (Lipinski definition) is 0.